The van der Waals surface area contributed by atoms with Crippen LogP contribution >= 0.6 is 0 Å². The predicted molar refractivity (Wildman–Crippen MR) is 134 cm³/mol. The summed E-state index contributed by atoms with van der Waals surface area (Å²) >= 11 is 0. The maximum Gasteiger partial charge on any atom is 0.309 e. The van der Waals surface area contributed by atoms with Crippen molar-refractivity contribution in [1.29, 1.82) is 0 Å². The van der Waals surface area contributed by atoms with E-state index in [-0.39, 0.29) is 0 Å². The van der Waals surface area contributed by atoms with Gasteiger partial charge < -0.3 is 14.2 Å². The molecular formula is C28H25BO3. The molecule has 0 atom stereocenters. The van der Waals surface area contributed by atoms with Gasteiger partial charge in [-0.1, -0.05) is 60.1 Å². The molecule has 0 radical (unpaired) electrons. The van der Waals surface area contributed by atoms with Crippen LogP contribution in [0, 0.1) is 0 Å². The van der Waals surface area contributed by atoms with Gasteiger partial charge in [0.1, 0.15) is 11.2 Å². The lowest BCUT2D eigenvalue weighted by Crippen LogP contribution is -2.49. The van der Waals surface area contributed by atoms with Crippen LogP contribution in [0.1, 0.15) is 27.7 Å². The molecule has 0 bridgehead atoms. The van der Waals surface area contributed by atoms with E-state index in [0.29, 0.717) is 7.48 Å². The van der Waals surface area contributed by atoms with Gasteiger partial charge >= 0.3 is 7.48 Å². The van der Waals surface area contributed by atoms with E-state index in [4.69, 9.17) is 9.07 Å². The van der Waals surface area contributed by atoms with Crippen molar-refractivity contribution in [2.45, 2.75) is 38.9 Å². The van der Waals surface area contributed by atoms with E-state index in [1.165, 1.54) is 38.4 Å². The molecule has 1 N–H and O–H groups in total. The topological polar surface area (TPSA) is 42.6 Å². The third-order valence-electron chi connectivity index (χ3n) is 7.22. The molecule has 0 unspecified atom stereocenters. The first-order valence-corrected chi connectivity index (χ1v) is 11.1. The van der Waals surface area contributed by atoms with Crippen LogP contribution < -0.4 is 5.46 Å². The van der Waals surface area contributed by atoms with Crippen molar-refractivity contribution >= 4 is 45.7 Å². The van der Waals surface area contributed by atoms with Crippen molar-refractivity contribution in [3.63, 3.8) is 0 Å². The molecule has 1 aliphatic rings. The van der Waals surface area contributed by atoms with E-state index in [2.05, 4.69) is 54.6 Å². The van der Waals surface area contributed by atoms with Gasteiger partial charge in [-0.15, -0.1) is 0 Å². The largest absolute Gasteiger partial charge is 0.456 e. The molecule has 0 amide bonds. The summed E-state index contributed by atoms with van der Waals surface area (Å²) in [6.45, 7) is 7.43. The average Bonchev–Trinajstić information content (AvgIpc) is 3.28. The van der Waals surface area contributed by atoms with Crippen molar-refractivity contribution in [2.75, 3.05) is 0 Å². The minimum Gasteiger partial charge on any atom is -0.456 e. The summed E-state index contributed by atoms with van der Waals surface area (Å²) in [5, 5.41) is 15.3. The second-order valence-corrected chi connectivity index (χ2v) is 9.86. The van der Waals surface area contributed by atoms with Gasteiger partial charge in [0.15, 0.2) is 0 Å². The quantitative estimate of drug-likeness (QED) is 0.360. The minimum atomic E-state index is -0.931. The second kappa shape index (κ2) is 6.47. The van der Waals surface area contributed by atoms with Crippen LogP contribution in [0.2, 0.25) is 0 Å². The first kappa shape index (κ1) is 19.6. The summed E-state index contributed by atoms with van der Waals surface area (Å²) in [6, 6.07) is 23.5. The van der Waals surface area contributed by atoms with Crippen molar-refractivity contribution in [2.24, 2.45) is 0 Å². The monoisotopic (exact) mass is 420 g/mol. The highest BCUT2D eigenvalue weighted by atomic mass is 16.5. The van der Waals surface area contributed by atoms with Gasteiger partial charge in [-0.3, -0.25) is 0 Å². The number of rotatable bonds is 4. The maximum absolute atomic E-state index is 10.4. The molecule has 158 valence electrons. The third-order valence-corrected chi connectivity index (χ3v) is 7.22. The summed E-state index contributed by atoms with van der Waals surface area (Å²) in [5.74, 6) is 0. The van der Waals surface area contributed by atoms with Gasteiger partial charge in [0.2, 0.25) is 0 Å². The van der Waals surface area contributed by atoms with Crippen molar-refractivity contribution in [1.82, 2.24) is 0 Å². The zero-order valence-electron chi connectivity index (χ0n) is 18.8. The summed E-state index contributed by atoms with van der Waals surface area (Å²) in [4.78, 5) is 0. The Morgan fingerprint density at radius 2 is 1.59 bits per heavy atom. The van der Waals surface area contributed by atoms with E-state index in [1.54, 1.807) is 13.8 Å². The number of hydrogen-bond acceptors (Lipinski definition) is 3. The molecule has 0 aliphatic heterocycles. The molecule has 0 spiro atoms. The maximum atomic E-state index is 10.4. The summed E-state index contributed by atoms with van der Waals surface area (Å²) in [7, 11) is 0.445. The first-order chi connectivity index (χ1) is 15.2. The average molecular weight is 420 g/mol. The van der Waals surface area contributed by atoms with Gasteiger partial charge in [0.05, 0.1) is 11.2 Å². The van der Waals surface area contributed by atoms with Gasteiger partial charge in [0, 0.05) is 16.3 Å². The lowest BCUT2D eigenvalue weighted by Gasteiger charge is -2.37. The highest BCUT2D eigenvalue weighted by Crippen LogP contribution is 2.51. The Kier molecular flexibility index (Phi) is 3.96. The Morgan fingerprint density at radius 1 is 0.781 bits per heavy atom. The van der Waals surface area contributed by atoms with Gasteiger partial charge in [-0.25, -0.2) is 0 Å². The lowest BCUT2D eigenvalue weighted by molar-refractivity contribution is -0.0893. The normalized spacial score (nSPS) is 13.3. The Labute approximate surface area is 187 Å². The molecule has 5 aromatic rings. The van der Waals surface area contributed by atoms with E-state index in [9.17, 15) is 5.11 Å². The molecule has 0 saturated carbocycles. The van der Waals surface area contributed by atoms with Crippen LogP contribution in [-0.2, 0) is 4.65 Å². The molecule has 1 heterocycles. The number of aliphatic hydroxyl groups is 1. The molecule has 0 fully saturated rings. The SMILES string of the molecule is CC(C)(O)C(C)(C)OBc1ccc2c(c1)-c1cccc3cc4oc5ccccc5c4c-2c13. The molecule has 3 nitrogen and oxygen atoms in total. The van der Waals surface area contributed by atoms with Crippen LogP contribution in [0.25, 0.3) is 55.0 Å². The van der Waals surface area contributed by atoms with Crippen LogP contribution in [0.5, 0.6) is 0 Å². The fraction of sp³-hybridized carbons (Fsp3) is 0.214. The predicted octanol–water partition coefficient (Wildman–Crippen LogP) is 5.93. The van der Waals surface area contributed by atoms with Crippen molar-refractivity contribution in [3.8, 4) is 22.3 Å². The van der Waals surface area contributed by atoms with Crippen LogP contribution in [0.15, 0.2) is 71.1 Å². The molecule has 6 rings (SSSR count). The Balaban J connectivity index is 1.54. The summed E-state index contributed by atoms with van der Waals surface area (Å²) in [5.41, 5.74) is 6.33. The highest BCUT2D eigenvalue weighted by molar-refractivity contribution is 6.47. The summed E-state index contributed by atoms with van der Waals surface area (Å²) < 4.78 is 12.4. The van der Waals surface area contributed by atoms with Crippen LogP contribution in [-0.4, -0.2) is 23.8 Å². The molecule has 32 heavy (non-hydrogen) atoms. The first-order valence-electron chi connectivity index (χ1n) is 11.1. The standard InChI is InChI=1S/C28H25BO3/c1-27(2,30)28(3,4)32-29-17-12-13-19-21(15-17)18-10-7-8-16-14-23-25(26(19)24(16)18)20-9-5-6-11-22(20)31-23/h5-15,29-30H,1-4H3. The molecule has 4 heteroatoms. The number of hydrogen-bond donors (Lipinski definition) is 1. The molecule has 0 saturated heterocycles. The van der Waals surface area contributed by atoms with Gasteiger partial charge in [-0.2, -0.15) is 0 Å². The zero-order chi connectivity index (χ0) is 22.3. The van der Waals surface area contributed by atoms with E-state index < -0.39 is 11.2 Å². The van der Waals surface area contributed by atoms with Crippen LogP contribution in [0.3, 0.4) is 0 Å². The third kappa shape index (κ3) is 2.70. The zero-order valence-corrected chi connectivity index (χ0v) is 18.8. The smallest absolute Gasteiger partial charge is 0.309 e. The number of furan rings is 1. The van der Waals surface area contributed by atoms with E-state index >= 15 is 0 Å². The highest BCUT2D eigenvalue weighted by Gasteiger charge is 2.36. The fourth-order valence-electron chi connectivity index (χ4n) is 4.72. The molecule has 4 aromatic carbocycles. The lowest BCUT2D eigenvalue weighted by atomic mass is 9.81. The van der Waals surface area contributed by atoms with Gasteiger partial charge in [0.25, 0.3) is 0 Å². The fourth-order valence-corrected chi connectivity index (χ4v) is 4.72. The molecular weight excluding hydrogens is 395 g/mol. The number of benzene rings is 4. The number of para-hydroxylation sites is 1. The van der Waals surface area contributed by atoms with E-state index in [0.717, 1.165) is 22.0 Å². The van der Waals surface area contributed by atoms with Crippen LogP contribution in [0.4, 0.5) is 0 Å². The second-order valence-electron chi connectivity index (χ2n) is 9.86. The Morgan fingerprint density at radius 3 is 2.41 bits per heavy atom. The Bertz CT molecular complexity index is 1540. The minimum absolute atomic E-state index is 0.445. The Hall–Kier alpha value is -3.08. The molecule has 1 aromatic heterocycles. The number of fused-ring (bicyclic) bond motifs is 7. The van der Waals surface area contributed by atoms with Gasteiger partial charge in [-0.05, 0) is 67.3 Å². The van der Waals surface area contributed by atoms with Crippen molar-refractivity contribution in [3.05, 3.63) is 66.7 Å². The van der Waals surface area contributed by atoms with E-state index in [1.807, 2.05) is 26.0 Å². The summed E-state index contributed by atoms with van der Waals surface area (Å²) in [6.07, 6.45) is 0. The van der Waals surface area contributed by atoms with Crippen molar-refractivity contribution < 1.29 is 14.2 Å². The molecule has 1 aliphatic carbocycles.